The number of carboxylic acids is 2. The summed E-state index contributed by atoms with van der Waals surface area (Å²) < 4.78 is 10.5. The van der Waals surface area contributed by atoms with E-state index in [0.29, 0.717) is 6.42 Å². The van der Waals surface area contributed by atoms with E-state index in [-0.39, 0.29) is 57.0 Å². The van der Waals surface area contributed by atoms with Crippen molar-refractivity contribution in [2.45, 2.75) is 19.8 Å². The van der Waals surface area contributed by atoms with Crippen LogP contribution in [0.4, 0.5) is 0 Å². The number of fused-ring (bicyclic) bond motifs is 2. The van der Waals surface area contributed by atoms with E-state index in [9.17, 15) is 29.4 Å². The van der Waals surface area contributed by atoms with E-state index in [1.54, 1.807) is 6.92 Å². The molecular formula is C17H10MgO8. The van der Waals surface area contributed by atoms with E-state index in [1.807, 2.05) is 0 Å². The topological polar surface area (TPSA) is 141 Å². The minimum atomic E-state index is -1.67. The molecule has 2 heterocycles. The molecule has 26 heavy (non-hydrogen) atoms. The van der Waals surface area contributed by atoms with Gasteiger partial charge in [-0.05, 0) is 12.5 Å². The van der Waals surface area contributed by atoms with Gasteiger partial charge in [0, 0.05) is 17.7 Å². The molecule has 0 spiro atoms. The molecule has 0 aliphatic rings. The zero-order valence-corrected chi connectivity index (χ0v) is 15.0. The third kappa shape index (κ3) is 3.22. The summed E-state index contributed by atoms with van der Waals surface area (Å²) in [6.07, 6.45) is 0.791. The zero-order chi connectivity index (χ0) is 18.3. The Morgan fingerprint density at radius 3 is 1.65 bits per heavy atom. The molecule has 0 amide bonds. The maximum Gasteiger partial charge on any atom is 2.00 e. The van der Waals surface area contributed by atoms with Gasteiger partial charge in [0.15, 0.2) is 22.4 Å². The number of carboxylic acid groups (broad SMARTS) is 2. The number of aryl methyl sites for hydroxylation is 1. The van der Waals surface area contributed by atoms with Gasteiger partial charge in [-0.25, -0.2) is 0 Å². The van der Waals surface area contributed by atoms with Crippen molar-refractivity contribution in [2.24, 2.45) is 0 Å². The van der Waals surface area contributed by atoms with Crippen molar-refractivity contribution in [2.75, 3.05) is 0 Å². The van der Waals surface area contributed by atoms with Crippen molar-refractivity contribution in [3.8, 4) is 0 Å². The Bertz CT molecular complexity index is 1070. The second-order valence-corrected chi connectivity index (χ2v) is 5.38. The molecule has 0 saturated heterocycles. The molecular weight excluding hydrogens is 356 g/mol. The van der Waals surface area contributed by atoms with E-state index < -0.39 is 34.3 Å². The van der Waals surface area contributed by atoms with Gasteiger partial charge in [0.05, 0.1) is 10.8 Å². The van der Waals surface area contributed by atoms with E-state index in [1.165, 1.54) is 6.07 Å². The Kier molecular flexibility index (Phi) is 5.52. The van der Waals surface area contributed by atoms with Crippen molar-refractivity contribution in [3.63, 3.8) is 0 Å². The summed E-state index contributed by atoms with van der Waals surface area (Å²) in [5.74, 6) is -4.70. The summed E-state index contributed by atoms with van der Waals surface area (Å²) >= 11 is 0. The van der Waals surface area contributed by atoms with Crippen LogP contribution in [0.2, 0.25) is 0 Å². The van der Waals surface area contributed by atoms with Crippen LogP contribution in [0.3, 0.4) is 0 Å². The number of carbonyl (C=O) groups is 2. The van der Waals surface area contributed by atoms with Crippen LogP contribution in [-0.4, -0.2) is 35.0 Å². The average Bonchev–Trinajstić information content (AvgIpc) is 2.55. The molecule has 3 rings (SSSR count). The summed E-state index contributed by atoms with van der Waals surface area (Å²) in [5.41, 5.74) is -1.26. The standard InChI is InChI=1S/C17H12O8.Mg/c1-2-3-7-14-8(10(18)5-12(24-14)16(20)21)4-9-11(19)6-13(17(22)23)25-15(7)9;/h4-6H,2-3H2,1H3,(H,20,21)(H,22,23);/q;+2/p-2. The van der Waals surface area contributed by atoms with Crippen LogP contribution in [-0.2, 0) is 6.42 Å². The van der Waals surface area contributed by atoms with Crippen LogP contribution in [0.5, 0.6) is 0 Å². The van der Waals surface area contributed by atoms with Crippen molar-refractivity contribution in [1.82, 2.24) is 0 Å². The smallest absolute Gasteiger partial charge is 0.542 e. The summed E-state index contributed by atoms with van der Waals surface area (Å²) in [7, 11) is 0. The fraction of sp³-hybridized carbons (Fsp3) is 0.176. The first kappa shape index (κ1) is 19.7. The fourth-order valence-electron chi connectivity index (χ4n) is 2.65. The van der Waals surface area contributed by atoms with Gasteiger partial charge in [-0.15, -0.1) is 0 Å². The summed E-state index contributed by atoms with van der Waals surface area (Å²) in [5, 5.41) is 22.0. The minimum absolute atomic E-state index is 0. The maximum atomic E-state index is 12.2. The number of aromatic carboxylic acids is 2. The van der Waals surface area contributed by atoms with Gasteiger partial charge in [-0.1, -0.05) is 13.3 Å². The van der Waals surface area contributed by atoms with Gasteiger partial charge in [0.1, 0.15) is 23.1 Å². The van der Waals surface area contributed by atoms with E-state index in [4.69, 9.17) is 8.83 Å². The van der Waals surface area contributed by atoms with Crippen LogP contribution in [0.25, 0.3) is 21.9 Å². The Morgan fingerprint density at radius 2 is 1.31 bits per heavy atom. The number of rotatable bonds is 4. The molecule has 0 bridgehead atoms. The fourth-order valence-corrected chi connectivity index (χ4v) is 2.65. The molecule has 3 aromatic rings. The van der Waals surface area contributed by atoms with Crippen molar-refractivity contribution >= 4 is 56.9 Å². The predicted molar refractivity (Wildman–Crippen MR) is 86.9 cm³/mol. The summed E-state index contributed by atoms with van der Waals surface area (Å²) in [6.45, 7) is 1.80. The molecule has 0 atom stereocenters. The average molecular weight is 367 g/mol. The zero-order valence-electron chi connectivity index (χ0n) is 13.6. The van der Waals surface area contributed by atoms with E-state index in [0.717, 1.165) is 12.1 Å². The second kappa shape index (κ2) is 7.30. The number of hydrogen-bond donors (Lipinski definition) is 0. The van der Waals surface area contributed by atoms with E-state index >= 15 is 0 Å². The molecule has 0 saturated carbocycles. The molecule has 0 radical (unpaired) electrons. The third-order valence-electron chi connectivity index (χ3n) is 3.71. The van der Waals surface area contributed by atoms with Crippen molar-refractivity contribution in [1.29, 1.82) is 0 Å². The molecule has 8 nitrogen and oxygen atoms in total. The van der Waals surface area contributed by atoms with Gasteiger partial charge >= 0.3 is 23.1 Å². The van der Waals surface area contributed by atoms with Crippen LogP contribution in [0.15, 0.2) is 36.6 Å². The largest absolute Gasteiger partial charge is 2.00 e. The van der Waals surface area contributed by atoms with Crippen molar-refractivity contribution < 1.29 is 28.6 Å². The van der Waals surface area contributed by atoms with Gasteiger partial charge < -0.3 is 28.6 Å². The molecule has 0 unspecified atom stereocenters. The first-order valence-electron chi connectivity index (χ1n) is 7.33. The van der Waals surface area contributed by atoms with Crippen LogP contribution >= 0.6 is 0 Å². The third-order valence-corrected chi connectivity index (χ3v) is 3.71. The summed E-state index contributed by atoms with van der Waals surface area (Å²) in [4.78, 5) is 46.5. The minimum Gasteiger partial charge on any atom is -0.542 e. The first-order valence-corrected chi connectivity index (χ1v) is 7.33. The van der Waals surface area contributed by atoms with Gasteiger partial charge in [-0.2, -0.15) is 0 Å². The van der Waals surface area contributed by atoms with Crippen molar-refractivity contribution in [3.05, 3.63) is 55.7 Å². The maximum absolute atomic E-state index is 12.2. The van der Waals surface area contributed by atoms with Gasteiger partial charge in [-0.3, -0.25) is 9.59 Å². The number of carbonyl (C=O) groups excluding carboxylic acids is 2. The monoisotopic (exact) mass is 366 g/mol. The number of hydrogen-bond acceptors (Lipinski definition) is 8. The normalized spacial score (nSPS) is 10.7. The van der Waals surface area contributed by atoms with Gasteiger partial charge in [0.25, 0.3) is 0 Å². The molecule has 128 valence electrons. The number of benzene rings is 1. The molecule has 1 aromatic carbocycles. The van der Waals surface area contributed by atoms with Crippen LogP contribution in [0, 0.1) is 0 Å². The second-order valence-electron chi connectivity index (χ2n) is 5.38. The molecule has 0 aliphatic heterocycles. The molecule has 0 aliphatic carbocycles. The Labute approximate surface area is 161 Å². The van der Waals surface area contributed by atoms with E-state index in [2.05, 4.69) is 0 Å². The molecule has 9 heteroatoms. The van der Waals surface area contributed by atoms with Crippen LogP contribution < -0.4 is 21.1 Å². The molecule has 0 N–H and O–H groups in total. The van der Waals surface area contributed by atoms with Gasteiger partial charge in [0.2, 0.25) is 0 Å². The SMILES string of the molecule is CCCc1c2oc(C(=O)[O-])cc(=O)c2cc2c(=O)cc(C(=O)[O-])oc12.[Mg+2]. The molecule has 0 fully saturated rings. The molecule has 2 aromatic heterocycles. The van der Waals surface area contributed by atoms with Crippen LogP contribution in [0.1, 0.15) is 40.0 Å². The Morgan fingerprint density at radius 1 is 0.885 bits per heavy atom. The predicted octanol–water partition coefficient (Wildman–Crippen LogP) is -0.802. The Balaban J connectivity index is 0.00000243. The summed E-state index contributed by atoms with van der Waals surface area (Å²) in [6, 6.07) is 2.71. The quantitative estimate of drug-likeness (QED) is 0.431. The Hall–Kier alpha value is -2.65. The first-order chi connectivity index (χ1) is 11.8.